The average molecular weight is 214 g/mol. The predicted octanol–water partition coefficient (Wildman–Crippen LogP) is 2.57. The van der Waals surface area contributed by atoms with Crippen molar-refractivity contribution in [3.8, 4) is 5.95 Å². The molecular formula is C8H5Cl2N3. The molecule has 0 saturated carbocycles. The summed E-state index contributed by atoms with van der Waals surface area (Å²) in [6, 6.07) is 5.24. The van der Waals surface area contributed by atoms with Crippen LogP contribution in [0.25, 0.3) is 5.95 Å². The van der Waals surface area contributed by atoms with Crippen LogP contribution >= 0.6 is 23.2 Å². The van der Waals surface area contributed by atoms with Crippen LogP contribution in [0, 0.1) is 0 Å². The van der Waals surface area contributed by atoms with Crippen LogP contribution in [0.5, 0.6) is 0 Å². The van der Waals surface area contributed by atoms with E-state index in [-0.39, 0.29) is 0 Å². The molecule has 0 saturated heterocycles. The first-order valence-electron chi connectivity index (χ1n) is 3.59. The van der Waals surface area contributed by atoms with Crippen LogP contribution in [0.1, 0.15) is 0 Å². The third-order valence-corrected chi connectivity index (χ3v) is 1.87. The summed E-state index contributed by atoms with van der Waals surface area (Å²) in [5.41, 5.74) is 0. The highest BCUT2D eigenvalue weighted by Crippen LogP contribution is 2.13. The molecule has 0 unspecified atom stereocenters. The lowest BCUT2D eigenvalue weighted by molar-refractivity contribution is 0.936. The third-order valence-electron chi connectivity index (χ3n) is 1.49. The molecule has 0 fully saturated rings. The van der Waals surface area contributed by atoms with Crippen LogP contribution in [-0.4, -0.2) is 14.5 Å². The molecule has 0 aliphatic heterocycles. The Balaban J connectivity index is 2.53. The van der Waals surface area contributed by atoms with E-state index in [0.717, 1.165) is 0 Å². The van der Waals surface area contributed by atoms with Gasteiger partial charge in [-0.1, -0.05) is 23.2 Å². The molecule has 2 heterocycles. The van der Waals surface area contributed by atoms with Crippen molar-refractivity contribution in [1.82, 2.24) is 14.5 Å². The van der Waals surface area contributed by atoms with Crippen LogP contribution in [0.2, 0.25) is 10.3 Å². The van der Waals surface area contributed by atoms with Crippen molar-refractivity contribution in [1.29, 1.82) is 0 Å². The second-order valence-corrected chi connectivity index (χ2v) is 3.18. The Morgan fingerprint density at radius 3 is 2.08 bits per heavy atom. The Kier molecular flexibility index (Phi) is 2.20. The molecule has 0 spiro atoms. The van der Waals surface area contributed by atoms with Crippen molar-refractivity contribution in [3.63, 3.8) is 0 Å². The molecule has 2 rings (SSSR count). The Morgan fingerprint density at radius 1 is 1.00 bits per heavy atom. The van der Waals surface area contributed by atoms with E-state index < -0.39 is 0 Å². The summed E-state index contributed by atoms with van der Waals surface area (Å²) in [6.45, 7) is 0. The van der Waals surface area contributed by atoms with Crippen LogP contribution in [0.15, 0.2) is 30.6 Å². The van der Waals surface area contributed by atoms with E-state index in [9.17, 15) is 0 Å². The molecule has 0 bridgehead atoms. The van der Waals surface area contributed by atoms with E-state index in [1.54, 1.807) is 4.57 Å². The third kappa shape index (κ3) is 1.82. The van der Waals surface area contributed by atoms with Gasteiger partial charge < -0.3 is 0 Å². The first-order chi connectivity index (χ1) is 6.25. The molecule has 0 amide bonds. The molecule has 0 N–H and O–H groups in total. The smallest absolute Gasteiger partial charge is 0.236 e. The van der Waals surface area contributed by atoms with E-state index in [1.165, 1.54) is 6.07 Å². The van der Waals surface area contributed by atoms with Crippen molar-refractivity contribution in [2.24, 2.45) is 0 Å². The highest BCUT2D eigenvalue weighted by Gasteiger charge is 2.01. The normalized spacial score (nSPS) is 10.3. The quantitative estimate of drug-likeness (QED) is 0.683. The van der Waals surface area contributed by atoms with Crippen molar-refractivity contribution in [2.45, 2.75) is 0 Å². The number of hydrogen-bond donors (Lipinski definition) is 0. The fourth-order valence-corrected chi connectivity index (χ4v) is 1.38. The Bertz CT molecular complexity index is 391. The van der Waals surface area contributed by atoms with E-state index in [4.69, 9.17) is 23.2 Å². The first-order valence-corrected chi connectivity index (χ1v) is 4.35. The molecule has 66 valence electrons. The summed E-state index contributed by atoms with van der Waals surface area (Å²) in [4.78, 5) is 8.02. The largest absolute Gasteiger partial charge is 0.293 e. The summed E-state index contributed by atoms with van der Waals surface area (Å²) in [5.74, 6) is 0.475. The number of hydrogen-bond acceptors (Lipinski definition) is 2. The fraction of sp³-hybridized carbons (Fsp3) is 0. The zero-order valence-electron chi connectivity index (χ0n) is 6.48. The summed E-state index contributed by atoms with van der Waals surface area (Å²) < 4.78 is 1.73. The predicted molar refractivity (Wildman–Crippen MR) is 51.4 cm³/mol. The van der Waals surface area contributed by atoms with E-state index in [1.807, 2.05) is 24.5 Å². The molecule has 5 heteroatoms. The van der Waals surface area contributed by atoms with Crippen LogP contribution in [0.3, 0.4) is 0 Å². The Labute approximate surface area is 85.0 Å². The van der Waals surface area contributed by atoms with Gasteiger partial charge >= 0.3 is 0 Å². The summed E-state index contributed by atoms with van der Waals surface area (Å²) in [5, 5.41) is 0.674. The summed E-state index contributed by atoms with van der Waals surface area (Å²) >= 11 is 11.4. The SMILES string of the molecule is Clc1cc(Cl)nc(-n2cccc2)n1. The number of nitrogens with zero attached hydrogens (tertiary/aromatic N) is 3. The lowest BCUT2D eigenvalue weighted by Gasteiger charge is -2.00. The monoisotopic (exact) mass is 213 g/mol. The molecule has 0 aliphatic rings. The number of halogens is 2. The van der Waals surface area contributed by atoms with Crippen molar-refractivity contribution in [2.75, 3.05) is 0 Å². The van der Waals surface area contributed by atoms with Gasteiger partial charge in [0.1, 0.15) is 10.3 Å². The van der Waals surface area contributed by atoms with Gasteiger partial charge in [-0.25, -0.2) is 9.97 Å². The zero-order valence-corrected chi connectivity index (χ0v) is 8.00. The lowest BCUT2D eigenvalue weighted by atomic mass is 10.6. The Hall–Kier alpha value is -1.06. The molecular weight excluding hydrogens is 209 g/mol. The minimum atomic E-state index is 0.337. The molecule has 2 aromatic heterocycles. The van der Waals surface area contributed by atoms with E-state index >= 15 is 0 Å². The van der Waals surface area contributed by atoms with Crippen molar-refractivity contribution in [3.05, 3.63) is 40.9 Å². The highest BCUT2D eigenvalue weighted by atomic mass is 35.5. The second-order valence-electron chi connectivity index (χ2n) is 2.40. The standard InChI is InChI=1S/C8H5Cl2N3/c9-6-5-7(10)12-8(11-6)13-3-1-2-4-13/h1-5H. The second kappa shape index (κ2) is 3.36. The summed E-state index contributed by atoms with van der Waals surface area (Å²) in [6.07, 6.45) is 3.64. The van der Waals surface area contributed by atoms with E-state index in [0.29, 0.717) is 16.3 Å². The molecule has 0 aromatic carbocycles. The summed E-state index contributed by atoms with van der Waals surface area (Å²) in [7, 11) is 0. The van der Waals surface area contributed by atoms with Crippen molar-refractivity contribution < 1.29 is 0 Å². The van der Waals surface area contributed by atoms with Gasteiger partial charge in [0.2, 0.25) is 5.95 Å². The lowest BCUT2D eigenvalue weighted by Crippen LogP contribution is -1.98. The van der Waals surface area contributed by atoms with Crippen molar-refractivity contribution >= 4 is 23.2 Å². The van der Waals surface area contributed by atoms with Gasteiger partial charge in [0, 0.05) is 18.5 Å². The molecule has 2 aromatic rings. The zero-order chi connectivity index (χ0) is 9.26. The molecule has 3 nitrogen and oxygen atoms in total. The van der Waals surface area contributed by atoms with Gasteiger partial charge in [0.05, 0.1) is 0 Å². The molecule has 0 aliphatic carbocycles. The minimum absolute atomic E-state index is 0.337. The topological polar surface area (TPSA) is 30.7 Å². The van der Waals surface area contributed by atoms with Gasteiger partial charge in [-0.3, -0.25) is 4.57 Å². The van der Waals surface area contributed by atoms with Gasteiger partial charge in [0.25, 0.3) is 0 Å². The van der Waals surface area contributed by atoms with Gasteiger partial charge in [-0.2, -0.15) is 0 Å². The maximum Gasteiger partial charge on any atom is 0.236 e. The van der Waals surface area contributed by atoms with Gasteiger partial charge in [-0.15, -0.1) is 0 Å². The Morgan fingerprint density at radius 2 is 1.54 bits per heavy atom. The minimum Gasteiger partial charge on any atom is -0.293 e. The van der Waals surface area contributed by atoms with E-state index in [2.05, 4.69) is 9.97 Å². The highest BCUT2D eigenvalue weighted by molar-refractivity contribution is 6.33. The first kappa shape index (κ1) is 8.53. The number of aromatic nitrogens is 3. The maximum atomic E-state index is 5.72. The molecule has 0 atom stereocenters. The van der Waals surface area contributed by atoms with Crippen LogP contribution in [0.4, 0.5) is 0 Å². The van der Waals surface area contributed by atoms with Gasteiger partial charge in [0.15, 0.2) is 0 Å². The fourth-order valence-electron chi connectivity index (χ4n) is 0.962. The molecule has 13 heavy (non-hydrogen) atoms. The van der Waals surface area contributed by atoms with Crippen LogP contribution < -0.4 is 0 Å². The number of rotatable bonds is 1. The average Bonchev–Trinajstić information content (AvgIpc) is 2.53. The van der Waals surface area contributed by atoms with Gasteiger partial charge in [-0.05, 0) is 12.1 Å². The maximum absolute atomic E-state index is 5.72. The van der Waals surface area contributed by atoms with Crippen LogP contribution in [-0.2, 0) is 0 Å². The molecule has 0 radical (unpaired) electrons.